The van der Waals surface area contributed by atoms with Crippen molar-refractivity contribution in [2.75, 3.05) is 0 Å². The molecule has 0 spiro atoms. The van der Waals surface area contributed by atoms with Crippen molar-refractivity contribution in [3.63, 3.8) is 0 Å². The topological polar surface area (TPSA) is 145 Å². The van der Waals surface area contributed by atoms with Crippen molar-refractivity contribution in [2.45, 2.75) is 25.7 Å². The minimum absolute atomic E-state index is 0. The number of rotatable bonds is 8. The molecule has 0 atom stereocenters. The van der Waals surface area contributed by atoms with Gasteiger partial charge in [0.2, 0.25) is 0 Å². The summed E-state index contributed by atoms with van der Waals surface area (Å²) in [5, 5.41) is 19.9. The number of hydrogen-bond acceptors (Lipinski definition) is 9. The van der Waals surface area contributed by atoms with Gasteiger partial charge in [0.1, 0.15) is 0 Å². The molecule has 96 valence electrons. The van der Waals surface area contributed by atoms with Crippen molar-refractivity contribution in [1.29, 1.82) is 0 Å². The first-order valence-electron chi connectivity index (χ1n) is 4.46. The van der Waals surface area contributed by atoms with Gasteiger partial charge in [0, 0.05) is 17.6 Å². The summed E-state index contributed by atoms with van der Waals surface area (Å²) in [6, 6.07) is 0. The van der Waals surface area contributed by atoms with Gasteiger partial charge < -0.3 is 29.5 Å². The Kier molecular flexibility index (Phi) is 20.5. The molecule has 1 N–H and O–H groups in total. The van der Waals surface area contributed by atoms with E-state index in [-0.39, 0.29) is 103 Å². The Labute approximate surface area is 193 Å². The molecule has 0 aliphatic heterocycles. The van der Waals surface area contributed by atoms with Gasteiger partial charge in [-0.1, -0.05) is 0 Å². The Balaban J connectivity index is -0.00000128. The summed E-state index contributed by atoms with van der Waals surface area (Å²) in [4.78, 5) is 49.5. The first kappa shape index (κ1) is 25.1. The molecule has 0 saturated heterocycles. The van der Waals surface area contributed by atoms with E-state index in [9.17, 15) is 29.4 Å². The maximum atomic E-state index is 10.7. The van der Waals surface area contributed by atoms with Gasteiger partial charge in [-0.25, -0.2) is 0 Å². The Hall–Kier alpha value is 1.11. The minimum atomic E-state index is -1.42. The van der Waals surface area contributed by atoms with Crippen LogP contribution < -0.4 is 119 Å². The van der Waals surface area contributed by atoms with Gasteiger partial charge in [-0.15, -0.1) is 0 Å². The fourth-order valence-electron chi connectivity index (χ4n) is 0.624. The average molecular weight is 325 g/mol. The normalized spacial score (nSPS) is 8.42. The summed E-state index contributed by atoms with van der Waals surface area (Å²) < 4.78 is 0. The smallest absolute Gasteiger partial charge is 0.550 e. The van der Waals surface area contributed by atoms with E-state index in [1.165, 1.54) is 5.64 Å². The second-order valence-corrected chi connectivity index (χ2v) is 2.78. The number of aliphatic carboxylic acids is 2. The molecule has 0 bridgehead atoms. The molecule has 0 saturated carbocycles. The second kappa shape index (κ2) is 15.5. The van der Waals surface area contributed by atoms with Crippen LogP contribution in [0.2, 0.25) is 0 Å². The molecule has 0 rings (SSSR count). The molecule has 0 aromatic carbocycles. The zero-order valence-corrected chi connectivity index (χ0v) is 16.8. The predicted molar refractivity (Wildman–Crippen MR) is 43.8 cm³/mol. The minimum Gasteiger partial charge on any atom is -0.550 e. The van der Waals surface area contributed by atoms with E-state index in [0.29, 0.717) is 0 Å². The van der Waals surface area contributed by atoms with Crippen molar-refractivity contribution in [1.82, 2.24) is 5.64 Å². The number of nitrogens with one attached hydrogen (secondary N) is 1. The first-order chi connectivity index (χ1) is 7.91. The van der Waals surface area contributed by atoms with Crippen molar-refractivity contribution < 1.29 is 142 Å². The molecule has 9 nitrogen and oxygen atoms in total. The fraction of sp³-hybridized carbons (Fsp3) is 0.500. The van der Waals surface area contributed by atoms with Crippen molar-refractivity contribution in [3.05, 3.63) is 0 Å². The molecule has 0 heterocycles. The molecule has 0 aliphatic rings. The van der Waals surface area contributed by atoms with Crippen LogP contribution in [-0.4, -0.2) is 23.9 Å². The number of carbonyl (C=O) groups is 4. The fourth-order valence-corrected chi connectivity index (χ4v) is 0.624. The van der Waals surface area contributed by atoms with Gasteiger partial charge in [0.25, 0.3) is 0 Å². The van der Waals surface area contributed by atoms with E-state index >= 15 is 0 Å². The second-order valence-electron chi connectivity index (χ2n) is 2.78. The summed E-state index contributed by atoms with van der Waals surface area (Å²) in [6.07, 6.45) is -1.96. The van der Waals surface area contributed by atoms with Crippen LogP contribution in [0.15, 0.2) is 0 Å². The van der Waals surface area contributed by atoms with Crippen LogP contribution in [0.25, 0.3) is 0 Å². The van der Waals surface area contributed by atoms with Crippen LogP contribution in [-0.2, 0) is 28.9 Å². The first-order valence-corrected chi connectivity index (χ1v) is 4.46. The third-order valence-corrected chi connectivity index (χ3v) is 1.38. The molecule has 0 amide bonds. The number of carboxylic acids is 2. The van der Waals surface area contributed by atoms with Gasteiger partial charge in [0.05, 0.1) is 12.8 Å². The van der Waals surface area contributed by atoms with Crippen molar-refractivity contribution in [2.24, 2.45) is 0 Å². The Morgan fingerprint density at radius 3 is 1.32 bits per heavy atom. The van der Waals surface area contributed by atoms with Crippen LogP contribution in [0.3, 0.4) is 0 Å². The predicted octanol–water partition coefficient (Wildman–Crippen LogP) is -9.44. The zero-order chi connectivity index (χ0) is 13.3. The van der Waals surface area contributed by atoms with Gasteiger partial charge in [-0.05, 0) is 12.8 Å². The van der Waals surface area contributed by atoms with Crippen LogP contribution >= 0.6 is 0 Å². The van der Waals surface area contributed by atoms with Crippen LogP contribution in [0.4, 0.5) is 0 Å². The monoisotopic (exact) mass is 325 g/mol. The summed E-state index contributed by atoms with van der Waals surface area (Å²) in [6.45, 7) is 0. The van der Waals surface area contributed by atoms with Gasteiger partial charge in [-0.2, -0.15) is 0 Å². The molecule has 0 aliphatic carbocycles. The SMILES string of the molecule is O=C([O-])CCC(=O)ONOC(=O)CCC(=O)[O-].[K+].[K+]. The quantitative estimate of drug-likeness (QED) is 0.339. The largest absolute Gasteiger partial charge is 1.00 e. The molecule has 19 heavy (non-hydrogen) atoms. The zero-order valence-electron chi connectivity index (χ0n) is 10.6. The molecule has 0 unspecified atom stereocenters. The Morgan fingerprint density at radius 1 is 0.737 bits per heavy atom. The van der Waals surface area contributed by atoms with Crippen LogP contribution in [0.1, 0.15) is 25.7 Å². The maximum Gasteiger partial charge on any atom is 1.00 e. The summed E-state index contributed by atoms with van der Waals surface area (Å²) in [7, 11) is 0. The number of carboxylic acid groups (broad SMARTS) is 2. The number of carbonyl (C=O) groups excluding carboxylic acids is 4. The molecule has 0 radical (unpaired) electrons. The van der Waals surface area contributed by atoms with E-state index in [0.717, 1.165) is 0 Å². The third kappa shape index (κ3) is 19.1. The molecular weight excluding hydrogens is 316 g/mol. The van der Waals surface area contributed by atoms with Gasteiger partial charge >= 0.3 is 115 Å². The van der Waals surface area contributed by atoms with Crippen LogP contribution in [0, 0.1) is 0 Å². The van der Waals surface area contributed by atoms with Crippen molar-refractivity contribution >= 4 is 23.9 Å². The molecule has 0 aromatic heterocycles. The Morgan fingerprint density at radius 2 is 1.05 bits per heavy atom. The Bertz CT molecular complexity index is 292. The van der Waals surface area contributed by atoms with Crippen molar-refractivity contribution in [3.8, 4) is 0 Å². The maximum absolute atomic E-state index is 10.7. The van der Waals surface area contributed by atoms with Gasteiger partial charge in [0.15, 0.2) is 0 Å². The number of hydrogen-bond donors (Lipinski definition) is 1. The van der Waals surface area contributed by atoms with E-state index < -0.39 is 49.6 Å². The molecule has 11 heteroatoms. The molecular formula is C8H9K2NO8. The van der Waals surface area contributed by atoms with E-state index in [1.54, 1.807) is 0 Å². The molecule has 0 aromatic rings. The van der Waals surface area contributed by atoms with Gasteiger partial charge in [-0.3, -0.25) is 9.59 Å². The standard InChI is InChI=1S/C8H11NO8.2K/c10-5(11)1-3-7(14)16-9-17-8(15)4-2-6(12)13;;/h9H,1-4H2,(H,10,11)(H,12,13);;/q;2*+1/p-2. The summed E-state index contributed by atoms with van der Waals surface area (Å²) in [5.41, 5.74) is 1.51. The summed E-state index contributed by atoms with van der Waals surface area (Å²) in [5.74, 6) is -4.79. The van der Waals surface area contributed by atoms with Crippen LogP contribution in [0.5, 0.6) is 0 Å². The third-order valence-electron chi connectivity index (χ3n) is 1.38. The van der Waals surface area contributed by atoms with E-state index in [1.807, 2.05) is 0 Å². The van der Waals surface area contributed by atoms with E-state index in [2.05, 4.69) is 9.68 Å². The molecule has 0 fully saturated rings. The average Bonchev–Trinajstić information content (AvgIpc) is 2.23. The summed E-state index contributed by atoms with van der Waals surface area (Å²) >= 11 is 0. The van der Waals surface area contributed by atoms with E-state index in [4.69, 9.17) is 0 Å².